The molecule has 2 rings (SSSR count). The quantitative estimate of drug-likeness (QED) is 0.853. The van der Waals surface area contributed by atoms with Gasteiger partial charge in [0.05, 0.1) is 6.26 Å². The SMILES string of the molecule is O=C(CCc1ccco1)NCc1cccnc1. The van der Waals surface area contributed by atoms with E-state index >= 15 is 0 Å². The van der Waals surface area contributed by atoms with E-state index in [1.807, 2.05) is 24.3 Å². The van der Waals surface area contributed by atoms with Crippen molar-refractivity contribution in [3.8, 4) is 0 Å². The second kappa shape index (κ2) is 5.84. The van der Waals surface area contributed by atoms with E-state index in [0.29, 0.717) is 19.4 Å². The van der Waals surface area contributed by atoms with Crippen molar-refractivity contribution in [2.24, 2.45) is 0 Å². The number of aromatic nitrogens is 1. The summed E-state index contributed by atoms with van der Waals surface area (Å²) >= 11 is 0. The van der Waals surface area contributed by atoms with Gasteiger partial charge in [-0.05, 0) is 23.8 Å². The molecular formula is C13H14N2O2. The van der Waals surface area contributed by atoms with Gasteiger partial charge in [-0.25, -0.2) is 0 Å². The largest absolute Gasteiger partial charge is 0.469 e. The minimum absolute atomic E-state index is 0.0188. The highest BCUT2D eigenvalue weighted by atomic mass is 16.3. The molecule has 2 aromatic rings. The highest BCUT2D eigenvalue weighted by molar-refractivity contribution is 5.76. The smallest absolute Gasteiger partial charge is 0.220 e. The normalized spacial score (nSPS) is 10.1. The Morgan fingerprint density at radius 1 is 1.35 bits per heavy atom. The molecule has 0 saturated carbocycles. The molecule has 0 fully saturated rings. The maximum Gasteiger partial charge on any atom is 0.220 e. The molecule has 0 saturated heterocycles. The van der Waals surface area contributed by atoms with Gasteiger partial charge in [-0.2, -0.15) is 0 Å². The summed E-state index contributed by atoms with van der Waals surface area (Å²) in [5.41, 5.74) is 0.999. The van der Waals surface area contributed by atoms with Gasteiger partial charge in [0.1, 0.15) is 5.76 Å². The number of hydrogen-bond donors (Lipinski definition) is 1. The van der Waals surface area contributed by atoms with E-state index < -0.39 is 0 Å². The Labute approximate surface area is 99.7 Å². The Balaban J connectivity index is 1.71. The zero-order valence-corrected chi connectivity index (χ0v) is 9.43. The predicted octanol–water partition coefficient (Wildman–Crippen LogP) is 1.92. The second-order valence-electron chi connectivity index (χ2n) is 3.72. The van der Waals surface area contributed by atoms with E-state index in [2.05, 4.69) is 10.3 Å². The van der Waals surface area contributed by atoms with Crippen LogP contribution in [0.3, 0.4) is 0 Å². The summed E-state index contributed by atoms with van der Waals surface area (Å²) in [5.74, 6) is 0.854. The Morgan fingerprint density at radius 2 is 2.29 bits per heavy atom. The van der Waals surface area contributed by atoms with Crippen LogP contribution in [0.1, 0.15) is 17.7 Å². The summed E-state index contributed by atoms with van der Waals surface area (Å²) in [6, 6.07) is 7.47. The molecule has 0 bridgehead atoms. The van der Waals surface area contributed by atoms with Gasteiger partial charge in [0, 0.05) is 31.8 Å². The van der Waals surface area contributed by atoms with Crippen molar-refractivity contribution in [3.05, 3.63) is 54.2 Å². The molecule has 0 aromatic carbocycles. The standard InChI is InChI=1S/C13H14N2O2/c16-13(6-5-12-4-2-8-17-12)15-10-11-3-1-7-14-9-11/h1-4,7-9H,5-6,10H2,(H,15,16). The summed E-state index contributed by atoms with van der Waals surface area (Å²) in [7, 11) is 0. The average molecular weight is 230 g/mol. The lowest BCUT2D eigenvalue weighted by molar-refractivity contribution is -0.121. The lowest BCUT2D eigenvalue weighted by atomic mass is 10.2. The van der Waals surface area contributed by atoms with Crippen LogP contribution in [-0.2, 0) is 17.8 Å². The Morgan fingerprint density at radius 3 is 3.00 bits per heavy atom. The van der Waals surface area contributed by atoms with Crippen LogP contribution in [0.4, 0.5) is 0 Å². The van der Waals surface area contributed by atoms with Crippen molar-refractivity contribution in [2.45, 2.75) is 19.4 Å². The molecule has 17 heavy (non-hydrogen) atoms. The maximum absolute atomic E-state index is 11.5. The summed E-state index contributed by atoms with van der Waals surface area (Å²) in [5, 5.41) is 2.84. The number of carbonyl (C=O) groups is 1. The van der Waals surface area contributed by atoms with Crippen LogP contribution in [0.15, 0.2) is 47.3 Å². The number of carbonyl (C=O) groups excluding carboxylic acids is 1. The second-order valence-corrected chi connectivity index (χ2v) is 3.72. The number of nitrogens with one attached hydrogen (secondary N) is 1. The van der Waals surface area contributed by atoms with Crippen LogP contribution in [-0.4, -0.2) is 10.9 Å². The molecule has 4 heteroatoms. The van der Waals surface area contributed by atoms with Gasteiger partial charge in [0.15, 0.2) is 0 Å². The minimum atomic E-state index is 0.0188. The Kier molecular flexibility index (Phi) is 3.91. The van der Waals surface area contributed by atoms with Crippen molar-refractivity contribution >= 4 is 5.91 Å². The van der Waals surface area contributed by atoms with Gasteiger partial charge in [-0.3, -0.25) is 9.78 Å². The van der Waals surface area contributed by atoms with Gasteiger partial charge < -0.3 is 9.73 Å². The molecule has 0 aliphatic rings. The van der Waals surface area contributed by atoms with Crippen LogP contribution in [0.25, 0.3) is 0 Å². The fraction of sp³-hybridized carbons (Fsp3) is 0.231. The first-order valence-electron chi connectivity index (χ1n) is 5.52. The summed E-state index contributed by atoms with van der Waals surface area (Å²) in [6.07, 6.45) is 6.14. The molecule has 88 valence electrons. The Hall–Kier alpha value is -2.10. The number of furan rings is 1. The molecule has 2 aromatic heterocycles. The molecule has 0 aliphatic heterocycles. The summed E-state index contributed by atoms with van der Waals surface area (Å²) in [4.78, 5) is 15.5. The highest BCUT2D eigenvalue weighted by Crippen LogP contribution is 2.03. The van der Waals surface area contributed by atoms with Gasteiger partial charge in [-0.1, -0.05) is 6.07 Å². The van der Waals surface area contributed by atoms with Crippen molar-refractivity contribution in [3.63, 3.8) is 0 Å². The molecule has 4 nitrogen and oxygen atoms in total. The van der Waals surface area contributed by atoms with Gasteiger partial charge in [-0.15, -0.1) is 0 Å². The van der Waals surface area contributed by atoms with E-state index in [-0.39, 0.29) is 5.91 Å². The van der Waals surface area contributed by atoms with E-state index in [0.717, 1.165) is 11.3 Å². The third-order valence-electron chi connectivity index (χ3n) is 2.39. The number of amides is 1. The number of aryl methyl sites for hydroxylation is 1. The molecular weight excluding hydrogens is 216 g/mol. The van der Waals surface area contributed by atoms with Crippen molar-refractivity contribution in [2.75, 3.05) is 0 Å². The third-order valence-corrected chi connectivity index (χ3v) is 2.39. The van der Waals surface area contributed by atoms with Crippen molar-refractivity contribution in [1.29, 1.82) is 0 Å². The predicted molar refractivity (Wildman–Crippen MR) is 63.1 cm³/mol. The zero-order chi connectivity index (χ0) is 11.9. The summed E-state index contributed by atoms with van der Waals surface area (Å²) in [6.45, 7) is 0.519. The molecule has 0 atom stereocenters. The molecule has 2 heterocycles. The van der Waals surface area contributed by atoms with Crippen LogP contribution in [0.5, 0.6) is 0 Å². The number of nitrogens with zero attached hydrogens (tertiary/aromatic N) is 1. The topological polar surface area (TPSA) is 55.1 Å². The molecule has 1 amide bonds. The fourth-order valence-electron chi connectivity index (χ4n) is 1.48. The van der Waals surface area contributed by atoms with Gasteiger partial charge in [0.25, 0.3) is 0 Å². The van der Waals surface area contributed by atoms with E-state index in [9.17, 15) is 4.79 Å². The van der Waals surface area contributed by atoms with Crippen LogP contribution in [0, 0.1) is 0 Å². The minimum Gasteiger partial charge on any atom is -0.469 e. The van der Waals surface area contributed by atoms with E-state index in [4.69, 9.17) is 4.42 Å². The summed E-state index contributed by atoms with van der Waals surface area (Å²) < 4.78 is 5.16. The molecule has 0 spiro atoms. The number of rotatable bonds is 5. The molecule has 0 aliphatic carbocycles. The zero-order valence-electron chi connectivity index (χ0n) is 9.43. The Bertz CT molecular complexity index is 452. The third kappa shape index (κ3) is 3.75. The van der Waals surface area contributed by atoms with Crippen molar-refractivity contribution < 1.29 is 9.21 Å². The van der Waals surface area contributed by atoms with Crippen LogP contribution in [0.2, 0.25) is 0 Å². The van der Waals surface area contributed by atoms with E-state index in [1.165, 1.54) is 0 Å². The molecule has 0 unspecified atom stereocenters. The van der Waals surface area contributed by atoms with E-state index in [1.54, 1.807) is 18.7 Å². The van der Waals surface area contributed by atoms with Crippen LogP contribution >= 0.6 is 0 Å². The van der Waals surface area contributed by atoms with Crippen LogP contribution < -0.4 is 5.32 Å². The average Bonchev–Trinajstić information content (AvgIpc) is 2.88. The monoisotopic (exact) mass is 230 g/mol. The lowest BCUT2D eigenvalue weighted by Gasteiger charge is -2.03. The maximum atomic E-state index is 11.5. The highest BCUT2D eigenvalue weighted by Gasteiger charge is 2.03. The van der Waals surface area contributed by atoms with Gasteiger partial charge >= 0.3 is 0 Å². The number of pyridine rings is 1. The lowest BCUT2D eigenvalue weighted by Crippen LogP contribution is -2.22. The molecule has 1 N–H and O–H groups in total. The van der Waals surface area contributed by atoms with Crippen molar-refractivity contribution in [1.82, 2.24) is 10.3 Å². The first kappa shape index (κ1) is 11.4. The first-order valence-corrected chi connectivity index (χ1v) is 5.52. The number of hydrogen-bond acceptors (Lipinski definition) is 3. The molecule has 0 radical (unpaired) electrons. The first-order chi connectivity index (χ1) is 8.34. The van der Waals surface area contributed by atoms with Gasteiger partial charge in [0.2, 0.25) is 5.91 Å². The fourth-order valence-corrected chi connectivity index (χ4v) is 1.48.